The topological polar surface area (TPSA) is 111 Å². The van der Waals surface area contributed by atoms with E-state index in [1.54, 1.807) is 36.4 Å². The molecule has 2 aromatic rings. The lowest BCUT2D eigenvalue weighted by molar-refractivity contribution is 0.102. The van der Waals surface area contributed by atoms with Gasteiger partial charge in [-0.3, -0.25) is 4.79 Å². The third-order valence-electron chi connectivity index (χ3n) is 4.50. The van der Waals surface area contributed by atoms with E-state index >= 15 is 0 Å². The van der Waals surface area contributed by atoms with Crippen LogP contribution < -0.4 is 16.4 Å². The first-order valence-corrected chi connectivity index (χ1v) is 8.34. The van der Waals surface area contributed by atoms with Crippen LogP contribution in [0.5, 0.6) is 5.75 Å². The molecule has 1 amide bonds. The highest BCUT2D eigenvalue weighted by molar-refractivity contribution is 6.08. The van der Waals surface area contributed by atoms with Gasteiger partial charge in [0.1, 0.15) is 5.75 Å². The van der Waals surface area contributed by atoms with Crippen LogP contribution in [0.15, 0.2) is 42.5 Å². The molecule has 1 aliphatic heterocycles. The summed E-state index contributed by atoms with van der Waals surface area (Å²) in [5.41, 5.74) is 8.59. The van der Waals surface area contributed by atoms with E-state index < -0.39 is 5.91 Å². The first-order valence-electron chi connectivity index (χ1n) is 8.34. The Bertz CT molecular complexity index is 798. The van der Waals surface area contributed by atoms with Gasteiger partial charge in [0.25, 0.3) is 5.91 Å². The van der Waals surface area contributed by atoms with Crippen molar-refractivity contribution in [1.29, 1.82) is 5.41 Å². The maximum Gasteiger partial charge on any atom is 0.259 e. The average Bonchev–Trinajstić information content (AvgIpc) is 2.62. The van der Waals surface area contributed by atoms with Crippen LogP contribution in [0.4, 0.5) is 11.4 Å². The minimum absolute atomic E-state index is 0.0720. The molecule has 0 saturated carbocycles. The van der Waals surface area contributed by atoms with E-state index in [9.17, 15) is 9.90 Å². The van der Waals surface area contributed by atoms with E-state index in [0.29, 0.717) is 22.6 Å². The van der Waals surface area contributed by atoms with E-state index in [1.807, 2.05) is 0 Å². The Hall–Kier alpha value is -2.86. The van der Waals surface area contributed by atoms with Crippen molar-refractivity contribution in [2.45, 2.75) is 12.8 Å². The number of piperidine rings is 1. The molecule has 130 valence electrons. The number of phenolic OH excluding ortho intramolecular Hbond substituents is 1. The predicted molar refractivity (Wildman–Crippen MR) is 99.3 cm³/mol. The maximum absolute atomic E-state index is 12.3. The van der Waals surface area contributed by atoms with Gasteiger partial charge in [0.15, 0.2) is 0 Å². The number of nitrogen functional groups attached to an aromatic ring is 1. The van der Waals surface area contributed by atoms with Gasteiger partial charge in [-0.1, -0.05) is 12.1 Å². The number of phenols is 1. The molecule has 0 bridgehead atoms. The van der Waals surface area contributed by atoms with E-state index in [-0.39, 0.29) is 17.2 Å². The summed E-state index contributed by atoms with van der Waals surface area (Å²) in [4.78, 5) is 12.3. The van der Waals surface area contributed by atoms with Gasteiger partial charge in [0, 0.05) is 28.6 Å². The third kappa shape index (κ3) is 3.80. The monoisotopic (exact) mass is 338 g/mol. The quantitative estimate of drug-likeness (QED) is 0.436. The molecule has 0 spiro atoms. The van der Waals surface area contributed by atoms with Crippen molar-refractivity contribution < 1.29 is 9.90 Å². The number of carbonyl (C=O) groups excluding carboxylic acids is 1. The van der Waals surface area contributed by atoms with Gasteiger partial charge in [0.2, 0.25) is 0 Å². The zero-order valence-corrected chi connectivity index (χ0v) is 13.9. The van der Waals surface area contributed by atoms with E-state index in [0.717, 1.165) is 25.9 Å². The second-order valence-electron chi connectivity index (χ2n) is 6.21. The number of benzene rings is 2. The minimum Gasteiger partial charge on any atom is -0.507 e. The van der Waals surface area contributed by atoms with Gasteiger partial charge < -0.3 is 26.9 Å². The first kappa shape index (κ1) is 17.0. The molecule has 6 N–H and O–H groups in total. The van der Waals surface area contributed by atoms with Crippen LogP contribution >= 0.6 is 0 Å². The molecular formula is C19H22N4O2. The van der Waals surface area contributed by atoms with Gasteiger partial charge in [-0.15, -0.1) is 0 Å². The van der Waals surface area contributed by atoms with Crippen LogP contribution in [-0.2, 0) is 0 Å². The molecular weight excluding hydrogens is 316 g/mol. The fourth-order valence-corrected chi connectivity index (χ4v) is 3.08. The summed E-state index contributed by atoms with van der Waals surface area (Å²) in [5, 5.41) is 24.2. The van der Waals surface area contributed by atoms with Gasteiger partial charge in [-0.25, -0.2) is 0 Å². The van der Waals surface area contributed by atoms with Crippen LogP contribution in [0.3, 0.4) is 0 Å². The minimum atomic E-state index is -0.404. The van der Waals surface area contributed by atoms with Crippen LogP contribution in [-0.4, -0.2) is 29.8 Å². The maximum atomic E-state index is 12.3. The Morgan fingerprint density at radius 2 is 1.88 bits per heavy atom. The van der Waals surface area contributed by atoms with Crippen LogP contribution in [0, 0.1) is 11.3 Å². The van der Waals surface area contributed by atoms with Gasteiger partial charge in [0.05, 0.1) is 5.56 Å². The highest BCUT2D eigenvalue weighted by atomic mass is 16.3. The highest BCUT2D eigenvalue weighted by Crippen LogP contribution is 2.25. The lowest BCUT2D eigenvalue weighted by Gasteiger charge is -2.24. The normalized spacial score (nSPS) is 14.9. The summed E-state index contributed by atoms with van der Waals surface area (Å²) in [6.45, 7) is 1.84. The average molecular weight is 338 g/mol. The predicted octanol–water partition coefficient (Wildman–Crippen LogP) is 2.59. The molecule has 0 aliphatic carbocycles. The molecule has 3 rings (SSSR count). The van der Waals surface area contributed by atoms with E-state index in [2.05, 4.69) is 10.6 Å². The zero-order valence-electron chi connectivity index (χ0n) is 13.9. The second kappa shape index (κ2) is 7.36. The standard InChI is InChI=1S/C19H22N4O2/c20-16-11-13(23-19(25)15-3-1-2-4-17(15)24)5-6-14(16)18(21)12-7-9-22-10-8-12/h1-6,11-12,21-22,24H,7-10,20H2,(H,23,25). The number of hydrogen-bond acceptors (Lipinski definition) is 5. The van der Waals surface area contributed by atoms with E-state index in [1.165, 1.54) is 6.07 Å². The van der Waals surface area contributed by atoms with Crippen LogP contribution in [0.2, 0.25) is 0 Å². The molecule has 25 heavy (non-hydrogen) atoms. The van der Waals surface area contributed by atoms with Crippen molar-refractivity contribution in [1.82, 2.24) is 5.32 Å². The molecule has 0 unspecified atom stereocenters. The van der Waals surface area contributed by atoms with Crippen molar-refractivity contribution >= 4 is 23.0 Å². The van der Waals surface area contributed by atoms with Crippen molar-refractivity contribution in [2.75, 3.05) is 24.1 Å². The first-order chi connectivity index (χ1) is 12.1. The summed E-state index contributed by atoms with van der Waals surface area (Å²) in [6.07, 6.45) is 1.87. The molecule has 1 saturated heterocycles. The van der Waals surface area contributed by atoms with Crippen molar-refractivity contribution in [2.24, 2.45) is 5.92 Å². The largest absolute Gasteiger partial charge is 0.507 e. The molecule has 0 aromatic heterocycles. The Kier molecular flexibility index (Phi) is 5.00. The second-order valence-corrected chi connectivity index (χ2v) is 6.21. The number of nitrogens with one attached hydrogen (secondary N) is 3. The zero-order chi connectivity index (χ0) is 17.8. The number of rotatable bonds is 4. The van der Waals surface area contributed by atoms with Crippen LogP contribution in [0.1, 0.15) is 28.8 Å². The number of para-hydroxylation sites is 1. The lowest BCUT2D eigenvalue weighted by Crippen LogP contribution is -2.32. The number of amides is 1. The Balaban J connectivity index is 1.74. The SMILES string of the molecule is N=C(c1ccc(NC(=O)c2ccccc2O)cc1N)C1CCNCC1. The molecule has 1 heterocycles. The smallest absolute Gasteiger partial charge is 0.259 e. The summed E-state index contributed by atoms with van der Waals surface area (Å²) in [6, 6.07) is 11.5. The van der Waals surface area contributed by atoms with Gasteiger partial charge in [-0.2, -0.15) is 0 Å². The number of nitrogens with two attached hydrogens (primary N) is 1. The van der Waals surface area contributed by atoms with Gasteiger partial charge in [-0.05, 0) is 56.3 Å². The molecule has 6 heteroatoms. The number of hydrogen-bond donors (Lipinski definition) is 5. The van der Waals surface area contributed by atoms with Gasteiger partial charge >= 0.3 is 0 Å². The third-order valence-corrected chi connectivity index (χ3v) is 4.50. The van der Waals surface area contributed by atoms with Crippen molar-refractivity contribution in [3.05, 3.63) is 53.6 Å². The van der Waals surface area contributed by atoms with Crippen molar-refractivity contribution in [3.63, 3.8) is 0 Å². The summed E-state index contributed by atoms with van der Waals surface area (Å²) < 4.78 is 0. The van der Waals surface area contributed by atoms with Crippen LogP contribution in [0.25, 0.3) is 0 Å². The number of aromatic hydroxyl groups is 1. The Morgan fingerprint density at radius 1 is 1.16 bits per heavy atom. The number of carbonyl (C=O) groups is 1. The molecule has 0 radical (unpaired) electrons. The lowest BCUT2D eigenvalue weighted by atomic mass is 9.88. The van der Waals surface area contributed by atoms with E-state index in [4.69, 9.17) is 11.1 Å². The molecule has 1 aliphatic rings. The number of anilines is 2. The fourth-order valence-electron chi connectivity index (χ4n) is 3.08. The van der Waals surface area contributed by atoms with Crippen molar-refractivity contribution in [3.8, 4) is 5.75 Å². The Morgan fingerprint density at radius 3 is 2.56 bits per heavy atom. The molecule has 6 nitrogen and oxygen atoms in total. The highest BCUT2D eigenvalue weighted by Gasteiger charge is 2.21. The summed E-state index contributed by atoms with van der Waals surface area (Å²) >= 11 is 0. The fraction of sp³-hybridized carbons (Fsp3) is 0.263. The Labute approximate surface area is 146 Å². The summed E-state index contributed by atoms with van der Waals surface area (Å²) in [5.74, 6) is -0.263. The summed E-state index contributed by atoms with van der Waals surface area (Å²) in [7, 11) is 0. The molecule has 0 atom stereocenters. The molecule has 1 fully saturated rings. The molecule has 2 aromatic carbocycles.